The zero-order valence-corrected chi connectivity index (χ0v) is 15.6. The molecule has 4 heteroatoms. The molecule has 0 spiro atoms. The highest BCUT2D eigenvalue weighted by atomic mass is 32.2. The van der Waals surface area contributed by atoms with E-state index in [1.165, 1.54) is 22.6 Å². The SMILES string of the molecule is CSc1ccc(CCC(=O)NC[C@H]2CCCN2c2ccccc2)cc1. The van der Waals surface area contributed by atoms with Gasteiger partial charge in [-0.25, -0.2) is 0 Å². The first-order chi connectivity index (χ1) is 12.3. The first-order valence-corrected chi connectivity index (χ1v) is 10.2. The molecule has 0 saturated carbocycles. The molecule has 1 atom stereocenters. The molecule has 0 aliphatic carbocycles. The van der Waals surface area contributed by atoms with Crippen LogP contribution in [0, 0.1) is 0 Å². The van der Waals surface area contributed by atoms with Crippen molar-refractivity contribution in [3.8, 4) is 0 Å². The summed E-state index contributed by atoms with van der Waals surface area (Å²) >= 11 is 1.74. The molecular weight excluding hydrogens is 328 g/mol. The van der Waals surface area contributed by atoms with E-state index in [1.54, 1.807) is 11.8 Å². The molecule has 25 heavy (non-hydrogen) atoms. The number of carbonyl (C=O) groups is 1. The molecule has 132 valence electrons. The average Bonchev–Trinajstić information content (AvgIpc) is 3.14. The molecule has 1 N–H and O–H groups in total. The summed E-state index contributed by atoms with van der Waals surface area (Å²) in [5.74, 6) is 0.147. The van der Waals surface area contributed by atoms with Gasteiger partial charge in [0.2, 0.25) is 5.91 Å². The number of benzene rings is 2. The Morgan fingerprint density at radius 1 is 1.16 bits per heavy atom. The van der Waals surface area contributed by atoms with E-state index in [4.69, 9.17) is 0 Å². The van der Waals surface area contributed by atoms with Gasteiger partial charge < -0.3 is 10.2 Å². The second-order valence-electron chi connectivity index (χ2n) is 6.48. The molecule has 1 heterocycles. The molecular formula is C21H26N2OS. The van der Waals surface area contributed by atoms with Crippen LogP contribution >= 0.6 is 11.8 Å². The van der Waals surface area contributed by atoms with Crippen molar-refractivity contribution in [2.45, 2.75) is 36.6 Å². The molecule has 1 amide bonds. The third kappa shape index (κ3) is 5.02. The standard InChI is InChI=1S/C21H26N2OS/c1-25-20-12-9-17(10-13-20)11-14-21(24)22-16-19-8-5-15-23(19)18-6-3-2-4-7-18/h2-4,6-7,9-10,12-13,19H,5,8,11,14-16H2,1H3,(H,22,24)/t19-/m1/s1. The Hall–Kier alpha value is -1.94. The van der Waals surface area contributed by atoms with Gasteiger partial charge in [0.05, 0.1) is 0 Å². The number of thioether (sulfide) groups is 1. The van der Waals surface area contributed by atoms with Crippen molar-refractivity contribution in [3.63, 3.8) is 0 Å². The molecule has 3 nitrogen and oxygen atoms in total. The van der Waals surface area contributed by atoms with Crippen molar-refractivity contribution in [2.24, 2.45) is 0 Å². The van der Waals surface area contributed by atoms with Crippen molar-refractivity contribution < 1.29 is 4.79 Å². The minimum absolute atomic E-state index is 0.147. The van der Waals surface area contributed by atoms with Gasteiger partial charge in [0.25, 0.3) is 0 Å². The van der Waals surface area contributed by atoms with Crippen molar-refractivity contribution in [3.05, 3.63) is 60.2 Å². The molecule has 1 saturated heterocycles. The Kier molecular flexibility index (Phi) is 6.40. The van der Waals surface area contributed by atoms with Gasteiger partial charge in [0, 0.05) is 36.1 Å². The quantitative estimate of drug-likeness (QED) is 0.759. The Bertz CT molecular complexity index is 672. The van der Waals surface area contributed by atoms with Crippen molar-refractivity contribution in [1.29, 1.82) is 0 Å². The zero-order valence-electron chi connectivity index (χ0n) is 14.8. The van der Waals surface area contributed by atoms with Gasteiger partial charge in [0.15, 0.2) is 0 Å². The van der Waals surface area contributed by atoms with E-state index in [0.29, 0.717) is 12.5 Å². The van der Waals surface area contributed by atoms with Crippen molar-refractivity contribution in [1.82, 2.24) is 5.32 Å². The summed E-state index contributed by atoms with van der Waals surface area (Å²) < 4.78 is 0. The molecule has 2 aromatic rings. The number of amides is 1. The predicted octanol–water partition coefficient (Wildman–Crippen LogP) is 4.13. The van der Waals surface area contributed by atoms with Crippen LogP contribution in [0.25, 0.3) is 0 Å². The number of hydrogen-bond donors (Lipinski definition) is 1. The summed E-state index contributed by atoms with van der Waals surface area (Å²) in [5.41, 5.74) is 2.48. The summed E-state index contributed by atoms with van der Waals surface area (Å²) in [6.07, 6.45) is 5.76. The van der Waals surface area contributed by atoms with Gasteiger partial charge in [-0.15, -0.1) is 11.8 Å². The van der Waals surface area contributed by atoms with Crippen molar-refractivity contribution in [2.75, 3.05) is 24.2 Å². The van der Waals surface area contributed by atoms with Gasteiger partial charge in [-0.3, -0.25) is 4.79 Å². The molecule has 2 aromatic carbocycles. The number of aryl methyl sites for hydroxylation is 1. The van der Waals surface area contributed by atoms with E-state index in [9.17, 15) is 4.79 Å². The molecule has 3 rings (SSSR count). The molecule has 0 bridgehead atoms. The maximum absolute atomic E-state index is 12.2. The van der Waals surface area contributed by atoms with Gasteiger partial charge >= 0.3 is 0 Å². The first-order valence-electron chi connectivity index (χ1n) is 8.97. The second kappa shape index (κ2) is 8.95. The third-order valence-corrected chi connectivity index (χ3v) is 5.54. The third-order valence-electron chi connectivity index (χ3n) is 4.80. The summed E-state index contributed by atoms with van der Waals surface area (Å²) in [6, 6.07) is 19.4. The predicted molar refractivity (Wildman–Crippen MR) is 106 cm³/mol. The Morgan fingerprint density at radius 2 is 1.92 bits per heavy atom. The number of nitrogens with zero attached hydrogens (tertiary/aromatic N) is 1. The average molecular weight is 355 g/mol. The monoisotopic (exact) mass is 354 g/mol. The minimum Gasteiger partial charge on any atom is -0.367 e. The lowest BCUT2D eigenvalue weighted by molar-refractivity contribution is -0.121. The van der Waals surface area contributed by atoms with E-state index >= 15 is 0 Å². The van der Waals surface area contributed by atoms with Crippen LogP contribution in [0.5, 0.6) is 0 Å². The smallest absolute Gasteiger partial charge is 0.220 e. The highest BCUT2D eigenvalue weighted by molar-refractivity contribution is 7.98. The van der Waals surface area contributed by atoms with Gasteiger partial charge in [0.1, 0.15) is 0 Å². The Labute approximate surface area is 154 Å². The highest BCUT2D eigenvalue weighted by Gasteiger charge is 2.24. The summed E-state index contributed by atoms with van der Waals surface area (Å²) in [5, 5.41) is 3.13. The molecule has 0 unspecified atom stereocenters. The number of carbonyl (C=O) groups excluding carboxylic acids is 1. The van der Waals surface area contributed by atoms with E-state index in [1.807, 2.05) is 6.07 Å². The van der Waals surface area contributed by atoms with Crippen LogP contribution in [0.1, 0.15) is 24.8 Å². The largest absolute Gasteiger partial charge is 0.367 e. The fraction of sp³-hybridized carbons (Fsp3) is 0.381. The van der Waals surface area contributed by atoms with Gasteiger partial charge in [-0.05, 0) is 55.3 Å². The Morgan fingerprint density at radius 3 is 2.64 bits per heavy atom. The lowest BCUT2D eigenvalue weighted by atomic mass is 10.1. The van der Waals surface area contributed by atoms with E-state index < -0.39 is 0 Å². The highest BCUT2D eigenvalue weighted by Crippen LogP contribution is 2.24. The molecule has 1 fully saturated rings. The molecule has 0 radical (unpaired) electrons. The molecule has 0 aromatic heterocycles. The topological polar surface area (TPSA) is 32.3 Å². The zero-order chi connectivity index (χ0) is 17.5. The van der Waals surface area contributed by atoms with Crippen LogP contribution in [0.15, 0.2) is 59.5 Å². The van der Waals surface area contributed by atoms with Gasteiger partial charge in [-0.1, -0.05) is 30.3 Å². The first kappa shape index (κ1) is 17.9. The van der Waals surface area contributed by atoms with E-state index in [-0.39, 0.29) is 5.91 Å². The van der Waals surface area contributed by atoms with Gasteiger partial charge in [-0.2, -0.15) is 0 Å². The van der Waals surface area contributed by atoms with Crippen LogP contribution < -0.4 is 10.2 Å². The fourth-order valence-corrected chi connectivity index (χ4v) is 3.79. The van der Waals surface area contributed by atoms with E-state index in [0.717, 1.165) is 25.9 Å². The lowest BCUT2D eigenvalue weighted by Gasteiger charge is -2.27. The maximum atomic E-state index is 12.2. The Balaban J connectivity index is 1.45. The molecule has 1 aliphatic heterocycles. The number of anilines is 1. The van der Waals surface area contributed by atoms with E-state index in [2.05, 4.69) is 65.0 Å². The second-order valence-corrected chi connectivity index (χ2v) is 7.36. The van der Waals surface area contributed by atoms with Crippen LogP contribution in [-0.4, -0.2) is 31.3 Å². The summed E-state index contributed by atoms with van der Waals surface area (Å²) in [7, 11) is 0. The fourth-order valence-electron chi connectivity index (χ4n) is 3.38. The number of hydrogen-bond acceptors (Lipinski definition) is 3. The molecule has 1 aliphatic rings. The minimum atomic E-state index is 0.147. The van der Waals surface area contributed by atoms with Crippen LogP contribution in [0.3, 0.4) is 0 Å². The van der Waals surface area contributed by atoms with Crippen molar-refractivity contribution >= 4 is 23.4 Å². The maximum Gasteiger partial charge on any atom is 0.220 e. The van der Waals surface area contributed by atoms with Crippen LogP contribution in [0.4, 0.5) is 5.69 Å². The van der Waals surface area contributed by atoms with Crippen LogP contribution in [0.2, 0.25) is 0 Å². The van der Waals surface area contributed by atoms with Crippen LogP contribution in [-0.2, 0) is 11.2 Å². The number of nitrogens with one attached hydrogen (secondary N) is 1. The normalized spacial score (nSPS) is 16.8. The number of rotatable bonds is 7. The summed E-state index contributed by atoms with van der Waals surface area (Å²) in [4.78, 5) is 15.9. The number of para-hydroxylation sites is 1. The summed E-state index contributed by atoms with van der Waals surface area (Å²) in [6.45, 7) is 1.81. The lowest BCUT2D eigenvalue weighted by Crippen LogP contribution is -2.40.